The van der Waals surface area contributed by atoms with Gasteiger partial charge in [-0.05, 0) is 19.3 Å². The minimum atomic E-state index is -0.207. The summed E-state index contributed by atoms with van der Waals surface area (Å²) in [7, 11) is 0. The summed E-state index contributed by atoms with van der Waals surface area (Å²) < 4.78 is 0. The van der Waals surface area contributed by atoms with E-state index >= 15 is 0 Å². The Morgan fingerprint density at radius 1 is 1.64 bits per heavy atom. The van der Waals surface area contributed by atoms with E-state index in [-0.39, 0.29) is 17.8 Å². The first kappa shape index (κ1) is 10.8. The molecule has 14 heavy (non-hydrogen) atoms. The van der Waals surface area contributed by atoms with E-state index in [1.54, 1.807) is 4.90 Å². The molecule has 1 fully saturated rings. The van der Waals surface area contributed by atoms with Crippen molar-refractivity contribution < 1.29 is 10.0 Å². The molecule has 5 heteroatoms. The van der Waals surface area contributed by atoms with Gasteiger partial charge in [-0.2, -0.15) is 0 Å². The molecule has 0 aromatic heterocycles. The summed E-state index contributed by atoms with van der Waals surface area (Å²) in [6.07, 6.45) is 3.28. The Morgan fingerprint density at radius 2 is 2.36 bits per heavy atom. The third-order valence-electron chi connectivity index (χ3n) is 2.58. The first-order valence-corrected chi connectivity index (χ1v) is 4.97. The van der Waals surface area contributed by atoms with Crippen LogP contribution in [0.3, 0.4) is 0 Å². The topological polar surface area (TPSA) is 78.9 Å². The Balaban J connectivity index is 2.73. The number of carbonyl (C=O) groups excluding carboxylic acids is 1. The van der Waals surface area contributed by atoms with Crippen LogP contribution in [0.5, 0.6) is 0 Å². The summed E-state index contributed by atoms with van der Waals surface area (Å²) in [6.45, 7) is 2.54. The van der Waals surface area contributed by atoms with Crippen molar-refractivity contribution in [3.63, 3.8) is 0 Å². The fraction of sp³-hybridized carbons (Fsp3) is 0.778. The van der Waals surface area contributed by atoms with Gasteiger partial charge in [-0.3, -0.25) is 4.79 Å². The molecule has 0 aromatic rings. The lowest BCUT2D eigenvalue weighted by atomic mass is 10.0. The number of carbonyl (C=O) groups is 1. The van der Waals surface area contributed by atoms with Crippen molar-refractivity contribution in [2.24, 2.45) is 10.9 Å². The molecule has 0 spiro atoms. The van der Waals surface area contributed by atoms with Crippen molar-refractivity contribution in [2.75, 3.05) is 6.54 Å². The van der Waals surface area contributed by atoms with Crippen LogP contribution in [0.1, 0.15) is 32.6 Å². The minimum absolute atomic E-state index is 0.0706. The van der Waals surface area contributed by atoms with Crippen molar-refractivity contribution in [3.05, 3.63) is 0 Å². The van der Waals surface area contributed by atoms with Gasteiger partial charge in [0.2, 0.25) is 5.91 Å². The lowest BCUT2D eigenvalue weighted by Gasteiger charge is -2.34. The number of amidine groups is 1. The first-order chi connectivity index (χ1) is 6.70. The number of likely N-dealkylation sites (tertiary alicyclic amines) is 1. The zero-order chi connectivity index (χ0) is 10.6. The molecular weight excluding hydrogens is 182 g/mol. The monoisotopic (exact) mass is 199 g/mol. The second-order valence-electron chi connectivity index (χ2n) is 3.48. The summed E-state index contributed by atoms with van der Waals surface area (Å²) in [5.74, 6) is 0.216. The van der Waals surface area contributed by atoms with Crippen LogP contribution in [0.25, 0.3) is 0 Å². The smallest absolute Gasteiger partial charge is 0.222 e. The molecule has 3 N–H and O–H groups in total. The quantitative estimate of drug-likeness (QED) is 0.294. The van der Waals surface area contributed by atoms with E-state index in [2.05, 4.69) is 5.16 Å². The Bertz CT molecular complexity index is 240. The van der Waals surface area contributed by atoms with Crippen molar-refractivity contribution in [2.45, 2.75) is 38.6 Å². The lowest BCUT2D eigenvalue weighted by Crippen LogP contribution is -2.50. The normalized spacial score (nSPS) is 23.6. The van der Waals surface area contributed by atoms with E-state index in [9.17, 15) is 4.79 Å². The molecule has 1 saturated heterocycles. The Morgan fingerprint density at radius 3 is 2.93 bits per heavy atom. The minimum Gasteiger partial charge on any atom is -0.409 e. The van der Waals surface area contributed by atoms with Gasteiger partial charge < -0.3 is 15.8 Å². The van der Waals surface area contributed by atoms with E-state index in [0.29, 0.717) is 13.0 Å². The second-order valence-corrected chi connectivity index (χ2v) is 3.48. The van der Waals surface area contributed by atoms with Crippen LogP contribution in [0.15, 0.2) is 5.16 Å². The van der Waals surface area contributed by atoms with Gasteiger partial charge in [0.15, 0.2) is 5.84 Å². The number of oxime groups is 1. The lowest BCUT2D eigenvalue weighted by molar-refractivity contribution is -0.133. The SMILES string of the molecule is CCC(=O)N1CCCCC1/C(N)=N/O. The highest BCUT2D eigenvalue weighted by molar-refractivity contribution is 5.90. The van der Waals surface area contributed by atoms with Gasteiger partial charge in [-0.1, -0.05) is 12.1 Å². The molecule has 1 heterocycles. The second kappa shape index (κ2) is 4.83. The molecule has 1 unspecified atom stereocenters. The maximum absolute atomic E-state index is 11.5. The maximum Gasteiger partial charge on any atom is 0.222 e. The summed E-state index contributed by atoms with van der Waals surface area (Å²) in [4.78, 5) is 13.2. The summed E-state index contributed by atoms with van der Waals surface area (Å²) in [5.41, 5.74) is 5.54. The van der Waals surface area contributed by atoms with E-state index in [1.165, 1.54) is 0 Å². The number of piperidine rings is 1. The molecule has 1 atom stereocenters. The zero-order valence-electron chi connectivity index (χ0n) is 8.44. The molecule has 5 nitrogen and oxygen atoms in total. The van der Waals surface area contributed by atoms with Gasteiger partial charge in [-0.15, -0.1) is 0 Å². The summed E-state index contributed by atoms with van der Waals surface area (Å²) >= 11 is 0. The van der Waals surface area contributed by atoms with Crippen LogP contribution in [-0.4, -0.2) is 34.4 Å². The predicted molar refractivity (Wildman–Crippen MR) is 53.1 cm³/mol. The highest BCUT2D eigenvalue weighted by Crippen LogP contribution is 2.17. The van der Waals surface area contributed by atoms with Gasteiger partial charge >= 0.3 is 0 Å². The molecule has 0 radical (unpaired) electrons. The van der Waals surface area contributed by atoms with E-state index in [0.717, 1.165) is 19.3 Å². The molecule has 0 bridgehead atoms. The number of hydrogen-bond acceptors (Lipinski definition) is 3. The zero-order valence-corrected chi connectivity index (χ0v) is 8.44. The van der Waals surface area contributed by atoms with E-state index < -0.39 is 0 Å². The van der Waals surface area contributed by atoms with Gasteiger partial charge in [0.05, 0.1) is 6.04 Å². The number of nitrogens with two attached hydrogens (primary N) is 1. The van der Waals surface area contributed by atoms with Crippen molar-refractivity contribution >= 4 is 11.7 Å². The molecule has 0 aromatic carbocycles. The molecule has 0 aliphatic carbocycles. The van der Waals surface area contributed by atoms with Crippen LogP contribution in [-0.2, 0) is 4.79 Å². The third-order valence-corrected chi connectivity index (χ3v) is 2.58. The Labute approximate surface area is 83.6 Å². The van der Waals surface area contributed by atoms with Crippen LogP contribution in [0.4, 0.5) is 0 Å². The van der Waals surface area contributed by atoms with Gasteiger partial charge in [0.1, 0.15) is 0 Å². The van der Waals surface area contributed by atoms with E-state index in [4.69, 9.17) is 10.9 Å². The average Bonchev–Trinajstić information content (AvgIpc) is 2.27. The number of hydrogen-bond donors (Lipinski definition) is 2. The van der Waals surface area contributed by atoms with Crippen molar-refractivity contribution in [3.8, 4) is 0 Å². The predicted octanol–water partition coefficient (Wildman–Crippen LogP) is 0.524. The highest BCUT2D eigenvalue weighted by Gasteiger charge is 2.28. The Kier molecular flexibility index (Phi) is 3.73. The van der Waals surface area contributed by atoms with Gasteiger partial charge in [0, 0.05) is 13.0 Å². The summed E-state index contributed by atoms with van der Waals surface area (Å²) in [6, 6.07) is -0.207. The fourth-order valence-corrected chi connectivity index (χ4v) is 1.81. The van der Waals surface area contributed by atoms with Crippen LogP contribution in [0.2, 0.25) is 0 Å². The Hall–Kier alpha value is -1.26. The molecule has 0 saturated carbocycles. The summed E-state index contributed by atoms with van der Waals surface area (Å²) in [5, 5.41) is 11.6. The third kappa shape index (κ3) is 2.16. The van der Waals surface area contributed by atoms with Crippen molar-refractivity contribution in [1.82, 2.24) is 4.90 Å². The number of rotatable bonds is 2. The molecule has 1 amide bonds. The van der Waals surface area contributed by atoms with Crippen LogP contribution < -0.4 is 5.73 Å². The highest BCUT2D eigenvalue weighted by atomic mass is 16.4. The van der Waals surface area contributed by atoms with Gasteiger partial charge in [0.25, 0.3) is 0 Å². The maximum atomic E-state index is 11.5. The molecule has 1 rings (SSSR count). The van der Waals surface area contributed by atoms with Gasteiger partial charge in [-0.25, -0.2) is 0 Å². The molecule has 1 aliphatic heterocycles. The average molecular weight is 199 g/mol. The van der Waals surface area contributed by atoms with E-state index in [1.807, 2.05) is 6.92 Å². The van der Waals surface area contributed by atoms with Crippen LogP contribution >= 0.6 is 0 Å². The fourth-order valence-electron chi connectivity index (χ4n) is 1.81. The first-order valence-electron chi connectivity index (χ1n) is 4.97. The molecule has 80 valence electrons. The molecule has 1 aliphatic rings. The number of nitrogens with zero attached hydrogens (tertiary/aromatic N) is 2. The van der Waals surface area contributed by atoms with Crippen molar-refractivity contribution in [1.29, 1.82) is 0 Å². The van der Waals surface area contributed by atoms with Crippen LogP contribution in [0, 0.1) is 0 Å². The standard InChI is InChI=1S/C9H17N3O2/c1-2-8(13)12-6-4-3-5-7(12)9(10)11-14/h7,14H,2-6H2,1H3,(H2,10,11). The number of amides is 1. The molecular formula is C9H17N3O2. The largest absolute Gasteiger partial charge is 0.409 e.